The van der Waals surface area contributed by atoms with Gasteiger partial charge >= 0.3 is 0 Å². The van der Waals surface area contributed by atoms with E-state index in [0.29, 0.717) is 17.3 Å². The number of rotatable bonds is 3. The van der Waals surface area contributed by atoms with Crippen LogP contribution >= 0.6 is 0 Å². The number of hydrogen-bond acceptors (Lipinski definition) is 4. The van der Waals surface area contributed by atoms with E-state index in [1.54, 1.807) is 0 Å². The second kappa shape index (κ2) is 5.52. The molecule has 1 aromatic heterocycles. The van der Waals surface area contributed by atoms with Gasteiger partial charge in [-0.1, -0.05) is 30.5 Å². The summed E-state index contributed by atoms with van der Waals surface area (Å²) in [6.45, 7) is 0. The quantitative estimate of drug-likeness (QED) is 0.944. The van der Waals surface area contributed by atoms with Gasteiger partial charge in [-0.25, -0.2) is 8.78 Å². The second-order valence-corrected chi connectivity index (χ2v) is 5.65. The van der Waals surface area contributed by atoms with Gasteiger partial charge in [0.2, 0.25) is 5.89 Å². The first kappa shape index (κ1) is 14.1. The molecule has 6 heteroatoms. The molecule has 2 N–H and O–H groups in total. The van der Waals surface area contributed by atoms with Gasteiger partial charge in [0.25, 0.3) is 0 Å². The molecule has 0 amide bonds. The van der Waals surface area contributed by atoms with Crippen molar-refractivity contribution >= 4 is 0 Å². The van der Waals surface area contributed by atoms with Gasteiger partial charge in [0.1, 0.15) is 0 Å². The van der Waals surface area contributed by atoms with Crippen molar-refractivity contribution in [2.24, 2.45) is 5.73 Å². The van der Waals surface area contributed by atoms with Crippen LogP contribution in [0.25, 0.3) is 0 Å². The Morgan fingerprint density at radius 1 is 1.14 bits per heavy atom. The summed E-state index contributed by atoms with van der Waals surface area (Å²) < 4.78 is 31.3. The Balaban J connectivity index is 1.77. The Hall–Kier alpha value is -1.82. The molecule has 0 unspecified atom stereocenters. The standard InChI is InChI=1S/C15H17F2N3O/c16-11-5-4-10(8-12(11)17)9-13-19-14(20-21-13)15(18)6-2-1-3-7-15/h4-5,8H,1-3,6-7,9,18H2. The number of halogens is 2. The molecule has 1 aromatic carbocycles. The number of nitrogens with zero attached hydrogens (tertiary/aromatic N) is 2. The average molecular weight is 293 g/mol. The summed E-state index contributed by atoms with van der Waals surface area (Å²) in [5.74, 6) is -0.867. The summed E-state index contributed by atoms with van der Waals surface area (Å²) in [6.07, 6.45) is 5.25. The summed E-state index contributed by atoms with van der Waals surface area (Å²) in [4.78, 5) is 4.33. The van der Waals surface area contributed by atoms with Crippen LogP contribution in [-0.4, -0.2) is 10.1 Å². The highest BCUT2D eigenvalue weighted by Gasteiger charge is 2.34. The molecule has 1 aliphatic carbocycles. The van der Waals surface area contributed by atoms with Crippen LogP contribution in [0.1, 0.15) is 49.4 Å². The van der Waals surface area contributed by atoms with E-state index in [4.69, 9.17) is 10.3 Å². The van der Waals surface area contributed by atoms with Crippen molar-refractivity contribution in [2.45, 2.75) is 44.1 Å². The third kappa shape index (κ3) is 2.95. The van der Waals surface area contributed by atoms with E-state index >= 15 is 0 Å². The van der Waals surface area contributed by atoms with Crippen LogP contribution in [-0.2, 0) is 12.0 Å². The van der Waals surface area contributed by atoms with E-state index in [1.165, 1.54) is 12.5 Å². The van der Waals surface area contributed by atoms with E-state index in [0.717, 1.165) is 37.8 Å². The maximum atomic E-state index is 13.2. The van der Waals surface area contributed by atoms with E-state index in [2.05, 4.69) is 10.1 Å². The maximum absolute atomic E-state index is 13.2. The van der Waals surface area contributed by atoms with Crippen molar-refractivity contribution < 1.29 is 13.3 Å². The summed E-state index contributed by atoms with van der Waals surface area (Å²) in [7, 11) is 0. The van der Waals surface area contributed by atoms with Crippen molar-refractivity contribution in [3.8, 4) is 0 Å². The SMILES string of the molecule is NC1(c2noc(Cc3ccc(F)c(F)c3)n2)CCCCC1. The van der Waals surface area contributed by atoms with Crippen LogP contribution < -0.4 is 5.73 Å². The second-order valence-electron chi connectivity index (χ2n) is 5.65. The number of nitrogens with two attached hydrogens (primary N) is 1. The Labute approximate surface area is 121 Å². The Bertz CT molecular complexity index is 636. The molecule has 1 heterocycles. The van der Waals surface area contributed by atoms with Gasteiger partial charge in [0.15, 0.2) is 17.5 Å². The largest absolute Gasteiger partial charge is 0.339 e. The van der Waals surface area contributed by atoms with Gasteiger partial charge in [-0.2, -0.15) is 4.98 Å². The first-order chi connectivity index (χ1) is 10.1. The van der Waals surface area contributed by atoms with Crippen LogP contribution in [0.4, 0.5) is 8.78 Å². The van der Waals surface area contributed by atoms with Crippen molar-refractivity contribution in [2.75, 3.05) is 0 Å². The first-order valence-corrected chi connectivity index (χ1v) is 7.13. The van der Waals surface area contributed by atoms with Crippen LogP contribution in [0.15, 0.2) is 22.7 Å². The van der Waals surface area contributed by atoms with E-state index in [1.807, 2.05) is 0 Å². The minimum atomic E-state index is -0.880. The molecule has 4 nitrogen and oxygen atoms in total. The fraction of sp³-hybridized carbons (Fsp3) is 0.467. The molecule has 0 aliphatic heterocycles. The van der Waals surface area contributed by atoms with Crippen molar-refractivity contribution in [1.82, 2.24) is 10.1 Å². The average Bonchev–Trinajstić information content (AvgIpc) is 2.93. The van der Waals surface area contributed by atoms with Crippen molar-refractivity contribution in [3.63, 3.8) is 0 Å². The van der Waals surface area contributed by atoms with Gasteiger partial charge in [0.05, 0.1) is 12.0 Å². The summed E-state index contributed by atoms with van der Waals surface area (Å²) in [5.41, 5.74) is 6.40. The van der Waals surface area contributed by atoms with Crippen LogP contribution in [0, 0.1) is 11.6 Å². The molecule has 21 heavy (non-hydrogen) atoms. The normalized spacial score (nSPS) is 17.9. The van der Waals surface area contributed by atoms with E-state index in [9.17, 15) is 8.78 Å². The summed E-state index contributed by atoms with van der Waals surface area (Å²) in [5, 5.41) is 3.97. The molecule has 0 bridgehead atoms. The molecular formula is C15H17F2N3O. The molecule has 0 radical (unpaired) electrons. The van der Waals surface area contributed by atoms with Crippen molar-refractivity contribution in [1.29, 1.82) is 0 Å². The minimum absolute atomic E-state index is 0.264. The lowest BCUT2D eigenvalue weighted by atomic mass is 9.82. The maximum Gasteiger partial charge on any atom is 0.231 e. The predicted molar refractivity (Wildman–Crippen MR) is 72.4 cm³/mol. The van der Waals surface area contributed by atoms with Gasteiger partial charge in [0, 0.05) is 0 Å². The number of hydrogen-bond donors (Lipinski definition) is 1. The van der Waals surface area contributed by atoms with Crippen molar-refractivity contribution in [3.05, 3.63) is 47.1 Å². The highest BCUT2D eigenvalue weighted by molar-refractivity contribution is 5.21. The lowest BCUT2D eigenvalue weighted by molar-refractivity contribution is 0.273. The van der Waals surface area contributed by atoms with Gasteiger partial charge in [-0.3, -0.25) is 0 Å². The van der Waals surface area contributed by atoms with Crippen LogP contribution in [0.2, 0.25) is 0 Å². The topological polar surface area (TPSA) is 64.9 Å². The van der Waals surface area contributed by atoms with E-state index in [-0.39, 0.29) is 6.42 Å². The monoisotopic (exact) mass is 293 g/mol. The summed E-state index contributed by atoms with van der Waals surface area (Å²) in [6, 6.07) is 3.73. The molecular weight excluding hydrogens is 276 g/mol. The molecule has 112 valence electrons. The Morgan fingerprint density at radius 2 is 1.90 bits per heavy atom. The molecule has 2 aromatic rings. The third-order valence-electron chi connectivity index (χ3n) is 4.00. The molecule has 3 rings (SSSR count). The lowest BCUT2D eigenvalue weighted by Crippen LogP contribution is -2.39. The number of benzene rings is 1. The van der Waals surface area contributed by atoms with E-state index < -0.39 is 17.2 Å². The molecule has 0 saturated heterocycles. The Morgan fingerprint density at radius 3 is 2.62 bits per heavy atom. The highest BCUT2D eigenvalue weighted by atomic mass is 19.2. The fourth-order valence-electron chi connectivity index (χ4n) is 2.76. The predicted octanol–water partition coefficient (Wildman–Crippen LogP) is 3.06. The Kier molecular flexibility index (Phi) is 3.71. The molecule has 1 fully saturated rings. The first-order valence-electron chi connectivity index (χ1n) is 7.13. The third-order valence-corrected chi connectivity index (χ3v) is 4.00. The molecule has 1 saturated carbocycles. The molecule has 0 spiro atoms. The lowest BCUT2D eigenvalue weighted by Gasteiger charge is -2.29. The molecule has 0 atom stereocenters. The van der Waals surface area contributed by atoms with Crippen LogP contribution in [0.5, 0.6) is 0 Å². The van der Waals surface area contributed by atoms with Crippen LogP contribution in [0.3, 0.4) is 0 Å². The van der Waals surface area contributed by atoms with Gasteiger partial charge in [-0.05, 0) is 30.5 Å². The van der Waals surface area contributed by atoms with Gasteiger partial charge < -0.3 is 10.3 Å². The highest BCUT2D eigenvalue weighted by Crippen LogP contribution is 2.33. The zero-order valence-electron chi connectivity index (χ0n) is 11.6. The zero-order chi connectivity index (χ0) is 14.9. The van der Waals surface area contributed by atoms with Gasteiger partial charge in [-0.15, -0.1) is 0 Å². The molecule has 1 aliphatic rings. The zero-order valence-corrected chi connectivity index (χ0v) is 11.6. The minimum Gasteiger partial charge on any atom is -0.339 e. The number of aromatic nitrogens is 2. The smallest absolute Gasteiger partial charge is 0.231 e. The summed E-state index contributed by atoms with van der Waals surface area (Å²) >= 11 is 0. The fourth-order valence-corrected chi connectivity index (χ4v) is 2.76.